The van der Waals surface area contributed by atoms with Crippen molar-refractivity contribution in [1.82, 2.24) is 14.5 Å². The number of rotatable bonds is 10. The van der Waals surface area contributed by atoms with Gasteiger partial charge in [0, 0.05) is 0 Å². The van der Waals surface area contributed by atoms with Gasteiger partial charge >= 0.3 is 0 Å². The lowest BCUT2D eigenvalue weighted by molar-refractivity contribution is -0.135. The molecule has 6 aromatic rings. The minimum Gasteiger partial charge on any atom is -0.467 e. The number of nitrogens with zero attached hydrogens (tertiary/aromatic N) is 3. The molecule has 0 saturated heterocycles. The van der Waals surface area contributed by atoms with Crippen LogP contribution >= 0.6 is 0 Å². The molecule has 1 atom stereocenters. The minimum absolute atomic E-state index is 0.0964. The van der Waals surface area contributed by atoms with E-state index in [-0.39, 0.29) is 18.0 Å². The lowest BCUT2D eigenvalue weighted by Gasteiger charge is -2.34. The summed E-state index contributed by atoms with van der Waals surface area (Å²) in [5, 5.41) is 0.529. The second-order valence-corrected chi connectivity index (χ2v) is 10.9. The Morgan fingerprint density at radius 1 is 0.795 bits per heavy atom. The first kappa shape index (κ1) is 28.9. The largest absolute Gasteiger partial charge is 0.467 e. The molecule has 0 aliphatic carbocycles. The van der Waals surface area contributed by atoms with Crippen LogP contribution in [0.3, 0.4) is 0 Å². The van der Waals surface area contributed by atoms with Crippen LogP contribution in [0.5, 0.6) is 0 Å². The average molecular weight is 582 g/mol. The lowest BCUT2D eigenvalue weighted by Crippen LogP contribution is -2.40. The van der Waals surface area contributed by atoms with Gasteiger partial charge in [0.1, 0.15) is 11.6 Å². The maximum Gasteiger partial charge on any atom is 0.266 e. The molecular weight excluding hydrogens is 546 g/mol. The fraction of sp³-hybridized carbons (Fsp3) is 0.184. The Bertz CT molecular complexity index is 1860. The van der Waals surface area contributed by atoms with Gasteiger partial charge in [0.05, 0.1) is 41.4 Å². The number of carbonyl (C=O) groups excluding carboxylic acids is 1. The molecule has 1 unspecified atom stereocenters. The van der Waals surface area contributed by atoms with E-state index in [0.717, 1.165) is 17.5 Å². The van der Waals surface area contributed by atoms with Gasteiger partial charge in [-0.25, -0.2) is 4.98 Å². The van der Waals surface area contributed by atoms with E-state index in [4.69, 9.17) is 9.40 Å². The minimum atomic E-state index is -0.564. The van der Waals surface area contributed by atoms with Crippen LogP contribution in [0.4, 0.5) is 0 Å². The Labute approximate surface area is 257 Å². The molecule has 0 bridgehead atoms. The number of hydrogen-bond acceptors (Lipinski definition) is 4. The van der Waals surface area contributed by atoms with Crippen molar-refractivity contribution in [2.75, 3.05) is 0 Å². The lowest BCUT2D eigenvalue weighted by atomic mass is 9.89. The molecule has 0 aliphatic rings. The number of carbonyl (C=O) groups is 1. The van der Waals surface area contributed by atoms with Crippen molar-refractivity contribution in [1.29, 1.82) is 0 Å². The molecule has 4 aromatic carbocycles. The SMILES string of the molecule is CCc1ccc(-n2c(C(CC)N(Cc3ccco3)C(=O)C(c3ccccc3)c3ccccc3)nc3ccccc3c2=O)cc1. The van der Waals surface area contributed by atoms with Crippen molar-refractivity contribution in [2.45, 2.75) is 45.2 Å². The zero-order chi connectivity index (χ0) is 30.5. The summed E-state index contributed by atoms with van der Waals surface area (Å²) in [6, 6.07) is 38.2. The van der Waals surface area contributed by atoms with Crippen molar-refractivity contribution in [3.63, 3.8) is 0 Å². The molecule has 0 spiro atoms. The second-order valence-electron chi connectivity index (χ2n) is 10.9. The summed E-state index contributed by atoms with van der Waals surface area (Å²) >= 11 is 0. The van der Waals surface area contributed by atoms with E-state index < -0.39 is 12.0 Å². The molecule has 6 rings (SSSR count). The van der Waals surface area contributed by atoms with Gasteiger partial charge in [-0.15, -0.1) is 0 Å². The smallest absolute Gasteiger partial charge is 0.266 e. The number of benzene rings is 4. The van der Waals surface area contributed by atoms with Gasteiger partial charge in [-0.05, 0) is 65.9 Å². The third-order valence-corrected chi connectivity index (χ3v) is 8.17. The summed E-state index contributed by atoms with van der Waals surface area (Å²) < 4.78 is 7.47. The molecule has 44 heavy (non-hydrogen) atoms. The predicted octanol–water partition coefficient (Wildman–Crippen LogP) is 7.85. The van der Waals surface area contributed by atoms with Gasteiger partial charge in [-0.3, -0.25) is 14.2 Å². The normalized spacial score (nSPS) is 12.0. The number of aryl methyl sites for hydroxylation is 1. The van der Waals surface area contributed by atoms with Crippen molar-refractivity contribution >= 4 is 16.8 Å². The molecule has 0 radical (unpaired) electrons. The molecule has 0 fully saturated rings. The highest BCUT2D eigenvalue weighted by Gasteiger charge is 2.35. The van der Waals surface area contributed by atoms with E-state index in [1.807, 2.05) is 127 Å². The Kier molecular flexibility index (Phi) is 8.50. The highest BCUT2D eigenvalue weighted by atomic mass is 16.3. The van der Waals surface area contributed by atoms with Crippen LogP contribution < -0.4 is 5.56 Å². The summed E-state index contributed by atoms with van der Waals surface area (Å²) in [4.78, 5) is 36.1. The zero-order valence-corrected chi connectivity index (χ0v) is 25.0. The third kappa shape index (κ3) is 5.71. The van der Waals surface area contributed by atoms with E-state index in [2.05, 4.69) is 6.92 Å². The van der Waals surface area contributed by atoms with Crippen LogP contribution in [-0.4, -0.2) is 20.4 Å². The molecule has 0 aliphatic heterocycles. The number of amides is 1. The van der Waals surface area contributed by atoms with Crippen LogP contribution in [0.2, 0.25) is 0 Å². The van der Waals surface area contributed by atoms with Gasteiger partial charge in [0.15, 0.2) is 0 Å². The average Bonchev–Trinajstić information content (AvgIpc) is 3.59. The van der Waals surface area contributed by atoms with Crippen LogP contribution in [0.25, 0.3) is 16.6 Å². The van der Waals surface area contributed by atoms with Crippen molar-refractivity contribution in [2.24, 2.45) is 0 Å². The first-order chi connectivity index (χ1) is 21.6. The topological polar surface area (TPSA) is 68.3 Å². The zero-order valence-electron chi connectivity index (χ0n) is 25.0. The molecule has 6 nitrogen and oxygen atoms in total. The monoisotopic (exact) mass is 581 g/mol. The maximum atomic E-state index is 15.0. The Balaban J connectivity index is 1.56. The summed E-state index contributed by atoms with van der Waals surface area (Å²) in [5.41, 5.74) is 4.10. The fourth-order valence-electron chi connectivity index (χ4n) is 5.89. The molecular formula is C38H35N3O3. The first-order valence-electron chi connectivity index (χ1n) is 15.1. The summed E-state index contributed by atoms with van der Waals surface area (Å²) in [5.74, 6) is 0.505. The van der Waals surface area contributed by atoms with Gasteiger partial charge in [0.2, 0.25) is 5.91 Å². The third-order valence-electron chi connectivity index (χ3n) is 8.17. The summed E-state index contributed by atoms with van der Waals surface area (Å²) in [6.07, 6.45) is 3.03. The van der Waals surface area contributed by atoms with Gasteiger partial charge < -0.3 is 9.32 Å². The first-order valence-corrected chi connectivity index (χ1v) is 15.1. The van der Waals surface area contributed by atoms with Gasteiger partial charge in [0.25, 0.3) is 5.56 Å². The Hall–Kier alpha value is -5.23. The Morgan fingerprint density at radius 3 is 2.02 bits per heavy atom. The summed E-state index contributed by atoms with van der Waals surface area (Å²) in [6.45, 7) is 4.35. The molecule has 1 amide bonds. The van der Waals surface area contributed by atoms with Crippen LogP contribution in [-0.2, 0) is 17.8 Å². The quantitative estimate of drug-likeness (QED) is 0.165. The molecule has 220 valence electrons. The highest BCUT2D eigenvalue weighted by Crippen LogP contribution is 2.34. The van der Waals surface area contributed by atoms with Crippen LogP contribution in [0.1, 0.15) is 60.5 Å². The second kappa shape index (κ2) is 13.0. The van der Waals surface area contributed by atoms with Crippen molar-refractivity contribution in [3.05, 3.63) is 166 Å². The van der Waals surface area contributed by atoms with E-state index in [1.165, 1.54) is 5.56 Å². The Morgan fingerprint density at radius 2 is 1.43 bits per heavy atom. The predicted molar refractivity (Wildman–Crippen MR) is 174 cm³/mol. The number of furan rings is 1. The number of para-hydroxylation sites is 1. The molecule has 0 saturated carbocycles. The fourth-order valence-corrected chi connectivity index (χ4v) is 5.89. The van der Waals surface area contributed by atoms with E-state index in [9.17, 15) is 9.59 Å². The van der Waals surface area contributed by atoms with Crippen molar-refractivity contribution in [3.8, 4) is 5.69 Å². The maximum absolute atomic E-state index is 15.0. The molecule has 2 heterocycles. The molecule has 2 aromatic heterocycles. The van der Waals surface area contributed by atoms with Gasteiger partial charge in [-0.2, -0.15) is 0 Å². The van der Waals surface area contributed by atoms with E-state index in [1.54, 1.807) is 16.9 Å². The summed E-state index contributed by atoms with van der Waals surface area (Å²) in [7, 11) is 0. The number of aromatic nitrogens is 2. The highest BCUT2D eigenvalue weighted by molar-refractivity contribution is 5.87. The van der Waals surface area contributed by atoms with E-state index >= 15 is 0 Å². The number of hydrogen-bond donors (Lipinski definition) is 0. The number of fused-ring (bicyclic) bond motifs is 1. The van der Waals surface area contributed by atoms with Crippen LogP contribution in [0.15, 0.2) is 137 Å². The molecule has 6 heteroatoms. The van der Waals surface area contributed by atoms with Crippen LogP contribution in [0, 0.1) is 0 Å². The van der Waals surface area contributed by atoms with Gasteiger partial charge in [-0.1, -0.05) is 98.8 Å². The molecule has 0 N–H and O–H groups in total. The van der Waals surface area contributed by atoms with E-state index in [0.29, 0.717) is 34.6 Å². The van der Waals surface area contributed by atoms with Crippen molar-refractivity contribution < 1.29 is 9.21 Å². The standard InChI is InChI=1S/C38H35N3O3/c1-3-27-21-23-30(24-22-27)41-36(39-33-20-12-11-19-32(33)37(41)42)34(4-2)40(26-31-18-13-25-44-31)38(43)35(28-14-7-5-8-15-28)29-16-9-6-10-17-29/h5-25,34-35H,3-4,26H2,1-2H3.